The van der Waals surface area contributed by atoms with Gasteiger partial charge in [0.1, 0.15) is 0 Å². The number of primary amides is 1. The van der Waals surface area contributed by atoms with Crippen LogP contribution in [0.5, 0.6) is 0 Å². The van der Waals surface area contributed by atoms with E-state index in [1.807, 2.05) is 6.92 Å². The smallest absolute Gasteiger partial charge is 0.251 e. The van der Waals surface area contributed by atoms with Gasteiger partial charge in [0.05, 0.1) is 5.41 Å². The van der Waals surface area contributed by atoms with Crippen LogP contribution in [0.4, 0.5) is 5.69 Å². The van der Waals surface area contributed by atoms with Gasteiger partial charge in [0, 0.05) is 17.8 Å². The van der Waals surface area contributed by atoms with Crippen molar-refractivity contribution in [3.63, 3.8) is 0 Å². The molecule has 5 heteroatoms. The molecule has 1 aromatic carbocycles. The summed E-state index contributed by atoms with van der Waals surface area (Å²) < 4.78 is 0. The van der Waals surface area contributed by atoms with E-state index >= 15 is 0 Å². The third-order valence-corrected chi connectivity index (χ3v) is 2.89. The maximum atomic E-state index is 11.9. The van der Waals surface area contributed by atoms with Crippen molar-refractivity contribution in [2.45, 2.75) is 20.8 Å². The van der Waals surface area contributed by atoms with Crippen molar-refractivity contribution in [2.75, 3.05) is 12.3 Å². The van der Waals surface area contributed by atoms with E-state index in [1.54, 1.807) is 32.0 Å². The minimum atomic E-state index is -0.765. The molecule has 0 aromatic heterocycles. The number of nitrogen functional groups attached to an aromatic ring is 1. The van der Waals surface area contributed by atoms with Crippen LogP contribution in [0.15, 0.2) is 18.2 Å². The lowest BCUT2D eigenvalue weighted by Gasteiger charge is -2.20. The van der Waals surface area contributed by atoms with E-state index < -0.39 is 11.3 Å². The van der Waals surface area contributed by atoms with Gasteiger partial charge in [0.15, 0.2) is 0 Å². The van der Waals surface area contributed by atoms with Crippen LogP contribution in [-0.4, -0.2) is 18.4 Å². The fourth-order valence-corrected chi connectivity index (χ4v) is 1.31. The summed E-state index contributed by atoms with van der Waals surface area (Å²) in [5.74, 6) is -0.691. The molecule has 0 fully saturated rings. The highest BCUT2D eigenvalue weighted by molar-refractivity contribution is 5.95. The highest BCUT2D eigenvalue weighted by atomic mass is 16.2. The van der Waals surface area contributed by atoms with E-state index in [0.717, 1.165) is 5.56 Å². The number of aryl methyl sites for hydroxylation is 1. The Hall–Kier alpha value is -2.04. The number of nitrogens with two attached hydrogens (primary N) is 2. The van der Waals surface area contributed by atoms with Gasteiger partial charge in [-0.15, -0.1) is 0 Å². The molecule has 0 aliphatic rings. The SMILES string of the molecule is Cc1cc(C(=O)NCC(C)(C)C(N)=O)ccc1N. The third kappa shape index (κ3) is 3.23. The van der Waals surface area contributed by atoms with Gasteiger partial charge < -0.3 is 16.8 Å². The zero-order chi connectivity index (χ0) is 13.9. The topological polar surface area (TPSA) is 98.2 Å². The first kappa shape index (κ1) is 14.0. The fraction of sp³-hybridized carbons (Fsp3) is 0.385. The zero-order valence-electron chi connectivity index (χ0n) is 10.9. The van der Waals surface area contributed by atoms with Crippen LogP contribution in [0.1, 0.15) is 29.8 Å². The second-order valence-corrected chi connectivity index (χ2v) is 5.00. The van der Waals surface area contributed by atoms with Gasteiger partial charge in [-0.2, -0.15) is 0 Å². The van der Waals surface area contributed by atoms with Gasteiger partial charge in [0.2, 0.25) is 5.91 Å². The first-order chi connectivity index (χ1) is 8.24. The Kier molecular flexibility index (Phi) is 3.96. The van der Waals surface area contributed by atoms with Crippen LogP contribution >= 0.6 is 0 Å². The van der Waals surface area contributed by atoms with Crippen LogP contribution in [0, 0.1) is 12.3 Å². The summed E-state index contributed by atoms with van der Waals surface area (Å²) in [4.78, 5) is 23.0. The first-order valence-electron chi connectivity index (χ1n) is 5.68. The van der Waals surface area contributed by atoms with Crippen LogP contribution in [0.2, 0.25) is 0 Å². The highest BCUT2D eigenvalue weighted by Crippen LogP contribution is 2.14. The second-order valence-electron chi connectivity index (χ2n) is 5.00. The van der Waals surface area contributed by atoms with Crippen molar-refractivity contribution in [3.8, 4) is 0 Å². The first-order valence-corrected chi connectivity index (χ1v) is 5.68. The van der Waals surface area contributed by atoms with Crippen LogP contribution < -0.4 is 16.8 Å². The maximum absolute atomic E-state index is 11.9. The molecule has 0 bridgehead atoms. The molecule has 98 valence electrons. The number of carbonyl (C=O) groups excluding carboxylic acids is 2. The molecule has 0 aliphatic heterocycles. The molecule has 0 radical (unpaired) electrons. The van der Waals surface area contributed by atoms with Gasteiger partial charge in [-0.05, 0) is 44.5 Å². The number of nitrogens with one attached hydrogen (secondary N) is 1. The largest absolute Gasteiger partial charge is 0.399 e. The Labute approximate surface area is 107 Å². The molecule has 2 amide bonds. The van der Waals surface area contributed by atoms with Gasteiger partial charge in [0.25, 0.3) is 5.91 Å². The molecule has 18 heavy (non-hydrogen) atoms. The van der Waals surface area contributed by atoms with Crippen molar-refractivity contribution >= 4 is 17.5 Å². The van der Waals surface area contributed by atoms with Crippen molar-refractivity contribution in [2.24, 2.45) is 11.1 Å². The summed E-state index contributed by atoms with van der Waals surface area (Å²) in [5, 5.41) is 2.69. The molecule has 0 saturated heterocycles. The Bertz CT molecular complexity index is 481. The number of hydrogen-bond acceptors (Lipinski definition) is 3. The van der Waals surface area contributed by atoms with Crippen molar-refractivity contribution in [1.82, 2.24) is 5.32 Å². The molecule has 0 heterocycles. The quantitative estimate of drug-likeness (QED) is 0.689. The van der Waals surface area contributed by atoms with Crippen molar-refractivity contribution in [1.29, 1.82) is 0 Å². The monoisotopic (exact) mass is 249 g/mol. The predicted octanol–water partition coefficient (Wildman–Crippen LogP) is 0.819. The molecule has 0 spiro atoms. The molecule has 0 aliphatic carbocycles. The van der Waals surface area contributed by atoms with Gasteiger partial charge >= 0.3 is 0 Å². The van der Waals surface area contributed by atoms with Gasteiger partial charge in [-0.3, -0.25) is 9.59 Å². The Morgan fingerprint density at radius 3 is 2.44 bits per heavy atom. The fourth-order valence-electron chi connectivity index (χ4n) is 1.31. The Morgan fingerprint density at radius 2 is 1.94 bits per heavy atom. The summed E-state index contributed by atoms with van der Waals surface area (Å²) in [7, 11) is 0. The summed E-state index contributed by atoms with van der Waals surface area (Å²) in [5.41, 5.74) is 12.1. The zero-order valence-corrected chi connectivity index (χ0v) is 10.9. The average Bonchev–Trinajstić information content (AvgIpc) is 2.29. The van der Waals surface area contributed by atoms with Crippen LogP contribution in [0.3, 0.4) is 0 Å². The molecule has 0 saturated carbocycles. The van der Waals surface area contributed by atoms with E-state index in [2.05, 4.69) is 5.32 Å². The molecule has 0 atom stereocenters. The second kappa shape index (κ2) is 5.08. The molecular formula is C13H19N3O2. The van der Waals surface area contributed by atoms with E-state index in [9.17, 15) is 9.59 Å². The van der Waals surface area contributed by atoms with E-state index in [-0.39, 0.29) is 12.5 Å². The summed E-state index contributed by atoms with van der Waals surface area (Å²) in [6.07, 6.45) is 0. The minimum absolute atomic E-state index is 0.199. The molecule has 5 nitrogen and oxygen atoms in total. The molecule has 0 unspecified atom stereocenters. The maximum Gasteiger partial charge on any atom is 0.251 e. The number of amides is 2. The standard InChI is InChI=1S/C13H19N3O2/c1-8-6-9(4-5-10(8)14)11(17)16-7-13(2,3)12(15)18/h4-6H,7,14H2,1-3H3,(H2,15,18)(H,16,17). The number of hydrogen-bond donors (Lipinski definition) is 3. The normalized spacial score (nSPS) is 11.1. The lowest BCUT2D eigenvalue weighted by molar-refractivity contribution is -0.125. The molecule has 1 rings (SSSR count). The third-order valence-electron chi connectivity index (χ3n) is 2.89. The molecular weight excluding hydrogens is 230 g/mol. The van der Waals surface area contributed by atoms with E-state index in [0.29, 0.717) is 11.3 Å². The highest BCUT2D eigenvalue weighted by Gasteiger charge is 2.25. The Balaban J connectivity index is 2.72. The lowest BCUT2D eigenvalue weighted by Crippen LogP contribution is -2.42. The molecule has 5 N–H and O–H groups in total. The van der Waals surface area contributed by atoms with Crippen LogP contribution in [-0.2, 0) is 4.79 Å². The van der Waals surface area contributed by atoms with Crippen molar-refractivity contribution in [3.05, 3.63) is 29.3 Å². The predicted molar refractivity (Wildman–Crippen MR) is 70.9 cm³/mol. The van der Waals surface area contributed by atoms with E-state index in [1.165, 1.54) is 0 Å². The number of carbonyl (C=O) groups is 2. The van der Waals surface area contributed by atoms with Crippen LogP contribution in [0.25, 0.3) is 0 Å². The van der Waals surface area contributed by atoms with Crippen molar-refractivity contribution < 1.29 is 9.59 Å². The average molecular weight is 249 g/mol. The van der Waals surface area contributed by atoms with Gasteiger partial charge in [-0.25, -0.2) is 0 Å². The number of anilines is 1. The Morgan fingerprint density at radius 1 is 1.33 bits per heavy atom. The lowest BCUT2D eigenvalue weighted by atomic mass is 9.92. The van der Waals surface area contributed by atoms with Gasteiger partial charge in [-0.1, -0.05) is 0 Å². The van der Waals surface area contributed by atoms with E-state index in [4.69, 9.17) is 11.5 Å². The summed E-state index contributed by atoms with van der Waals surface area (Å²) >= 11 is 0. The number of rotatable bonds is 4. The summed E-state index contributed by atoms with van der Waals surface area (Å²) in [6, 6.07) is 5.04. The minimum Gasteiger partial charge on any atom is -0.399 e. The number of benzene rings is 1. The summed E-state index contributed by atoms with van der Waals surface area (Å²) in [6.45, 7) is 5.40. The molecule has 1 aromatic rings.